The van der Waals surface area contributed by atoms with Gasteiger partial charge in [-0.2, -0.15) is 0 Å². The fourth-order valence-electron chi connectivity index (χ4n) is 3.50. The van der Waals surface area contributed by atoms with Gasteiger partial charge in [-0.25, -0.2) is 19.2 Å². The quantitative estimate of drug-likeness (QED) is 0.129. The van der Waals surface area contributed by atoms with Crippen LogP contribution >= 0.6 is 0 Å². The molecule has 0 aromatic heterocycles. The number of carbonyl (C=O) groups excluding carboxylic acids is 4. The summed E-state index contributed by atoms with van der Waals surface area (Å²) in [6.45, 7) is 13.4. The lowest BCUT2D eigenvalue weighted by molar-refractivity contribution is -0.156. The number of ether oxygens (including phenoxy) is 4. The van der Waals surface area contributed by atoms with E-state index in [1.165, 1.54) is 6.07 Å². The number of benzene rings is 2. The monoisotopic (exact) mass is 587 g/mol. The minimum Gasteiger partial charge on any atom is -0.462 e. The van der Waals surface area contributed by atoms with Crippen LogP contribution in [0.5, 0.6) is 11.5 Å². The third kappa shape index (κ3) is 8.66. The summed E-state index contributed by atoms with van der Waals surface area (Å²) < 4.78 is 20.9. The van der Waals surface area contributed by atoms with Crippen molar-refractivity contribution in [2.75, 3.05) is 41.9 Å². The highest BCUT2D eigenvalue weighted by Crippen LogP contribution is 2.38. The standard InChI is InChI=1S/C29H41N5O8/c1-14-12-16(31)22(18(20(14)33)24(35)39-10-8-28(2,3)4)41-26(37)27(38)42-23-17(32)13-15(30)21(34)19(23)25(36)40-11-9-29(5,6)7/h12-13H,8-11,30-34H2,1-7H3. The molecule has 2 aromatic carbocycles. The minimum atomic E-state index is -1.61. The number of nitrogens with two attached hydrogens (primary N) is 5. The molecule has 0 amide bonds. The fourth-order valence-corrected chi connectivity index (χ4v) is 3.50. The maximum atomic E-state index is 12.9. The fraction of sp³-hybridized carbons (Fsp3) is 0.448. The lowest BCUT2D eigenvalue weighted by atomic mass is 9.93. The van der Waals surface area contributed by atoms with E-state index in [-0.39, 0.29) is 58.0 Å². The highest BCUT2D eigenvalue weighted by Gasteiger charge is 2.31. The van der Waals surface area contributed by atoms with E-state index in [0.717, 1.165) is 6.07 Å². The molecule has 0 aliphatic heterocycles. The molecule has 0 spiro atoms. The van der Waals surface area contributed by atoms with Crippen molar-refractivity contribution in [3.8, 4) is 11.5 Å². The number of carbonyl (C=O) groups is 4. The zero-order valence-electron chi connectivity index (χ0n) is 25.1. The molecular formula is C29H41N5O8. The Labute approximate surface area is 244 Å². The van der Waals surface area contributed by atoms with Crippen molar-refractivity contribution in [1.82, 2.24) is 0 Å². The van der Waals surface area contributed by atoms with Gasteiger partial charge in [0.05, 0.1) is 41.7 Å². The predicted octanol–water partition coefficient (Wildman–Crippen LogP) is 3.60. The molecule has 0 unspecified atom stereocenters. The first kappa shape index (κ1) is 33.5. The van der Waals surface area contributed by atoms with Gasteiger partial charge in [0.2, 0.25) is 0 Å². The third-order valence-electron chi connectivity index (χ3n) is 6.07. The largest absolute Gasteiger partial charge is 0.462 e. The maximum absolute atomic E-state index is 12.9. The van der Waals surface area contributed by atoms with E-state index in [9.17, 15) is 19.2 Å². The van der Waals surface area contributed by atoms with Crippen LogP contribution in [-0.2, 0) is 19.1 Å². The van der Waals surface area contributed by atoms with E-state index in [4.69, 9.17) is 47.6 Å². The summed E-state index contributed by atoms with van der Waals surface area (Å²) in [6, 6.07) is 2.51. The van der Waals surface area contributed by atoms with Crippen molar-refractivity contribution in [3.63, 3.8) is 0 Å². The number of anilines is 5. The normalized spacial score (nSPS) is 11.5. The number of aryl methyl sites for hydroxylation is 1. The van der Waals surface area contributed by atoms with Crippen LogP contribution in [0.4, 0.5) is 28.4 Å². The zero-order chi connectivity index (χ0) is 32.2. The van der Waals surface area contributed by atoms with Gasteiger partial charge >= 0.3 is 23.9 Å². The molecule has 0 bridgehead atoms. The number of hydrogen-bond acceptors (Lipinski definition) is 13. The van der Waals surface area contributed by atoms with Crippen LogP contribution in [0.1, 0.15) is 80.7 Å². The number of rotatable bonds is 8. The molecule has 0 heterocycles. The van der Waals surface area contributed by atoms with Gasteiger partial charge in [-0.1, -0.05) is 41.5 Å². The summed E-state index contributed by atoms with van der Waals surface area (Å²) >= 11 is 0. The molecule has 0 aliphatic carbocycles. The van der Waals surface area contributed by atoms with Gasteiger partial charge in [-0.15, -0.1) is 0 Å². The van der Waals surface area contributed by atoms with Gasteiger partial charge in [-0.3, -0.25) is 0 Å². The lowest BCUT2D eigenvalue weighted by Crippen LogP contribution is -2.28. The van der Waals surface area contributed by atoms with Crippen LogP contribution in [0.25, 0.3) is 0 Å². The van der Waals surface area contributed by atoms with Gasteiger partial charge in [0, 0.05) is 0 Å². The summed E-state index contributed by atoms with van der Waals surface area (Å²) in [5.74, 6) is -6.13. The SMILES string of the molecule is Cc1cc(N)c(OC(=O)C(=O)Oc2c(N)cc(N)c(N)c2C(=O)OCCC(C)(C)C)c(C(=O)OCCC(C)(C)C)c1N. The van der Waals surface area contributed by atoms with Crippen LogP contribution in [0.3, 0.4) is 0 Å². The molecule has 230 valence electrons. The molecule has 0 fully saturated rings. The van der Waals surface area contributed by atoms with E-state index in [0.29, 0.717) is 18.4 Å². The van der Waals surface area contributed by atoms with E-state index in [1.807, 2.05) is 41.5 Å². The highest BCUT2D eigenvalue weighted by atomic mass is 16.6. The van der Waals surface area contributed by atoms with Crippen LogP contribution in [-0.4, -0.2) is 37.1 Å². The summed E-state index contributed by atoms with van der Waals surface area (Å²) in [7, 11) is 0. The average Bonchev–Trinajstić information content (AvgIpc) is 2.84. The van der Waals surface area contributed by atoms with Crippen molar-refractivity contribution in [2.45, 2.75) is 61.3 Å². The first-order valence-corrected chi connectivity index (χ1v) is 13.2. The molecule has 0 saturated heterocycles. The van der Waals surface area contributed by atoms with Crippen LogP contribution in [0, 0.1) is 17.8 Å². The van der Waals surface area contributed by atoms with Crippen molar-refractivity contribution in [3.05, 3.63) is 28.8 Å². The molecule has 0 radical (unpaired) electrons. The minimum absolute atomic E-state index is 0.0225. The third-order valence-corrected chi connectivity index (χ3v) is 6.07. The van der Waals surface area contributed by atoms with Gasteiger partial charge < -0.3 is 47.6 Å². The smallest absolute Gasteiger partial charge is 0.423 e. The Morgan fingerprint density at radius 1 is 0.619 bits per heavy atom. The van der Waals surface area contributed by atoms with Gasteiger partial charge in [0.25, 0.3) is 0 Å². The van der Waals surface area contributed by atoms with Gasteiger partial charge in [-0.05, 0) is 48.3 Å². The van der Waals surface area contributed by atoms with Crippen molar-refractivity contribution < 1.29 is 38.1 Å². The number of hydrogen-bond donors (Lipinski definition) is 5. The molecule has 0 saturated carbocycles. The molecular weight excluding hydrogens is 546 g/mol. The number of esters is 4. The summed E-state index contributed by atoms with van der Waals surface area (Å²) in [4.78, 5) is 51.5. The van der Waals surface area contributed by atoms with Gasteiger partial charge in [0.15, 0.2) is 11.5 Å². The Kier molecular flexibility index (Phi) is 10.3. The number of nitrogen functional groups attached to an aromatic ring is 5. The molecule has 42 heavy (non-hydrogen) atoms. The van der Waals surface area contributed by atoms with Crippen molar-refractivity contribution >= 4 is 52.3 Å². The Morgan fingerprint density at radius 2 is 1.00 bits per heavy atom. The summed E-state index contributed by atoms with van der Waals surface area (Å²) in [5.41, 5.74) is 28.5. The van der Waals surface area contributed by atoms with Crippen LogP contribution in [0.15, 0.2) is 12.1 Å². The van der Waals surface area contributed by atoms with E-state index < -0.39 is 40.9 Å². The predicted molar refractivity (Wildman–Crippen MR) is 160 cm³/mol. The molecule has 10 N–H and O–H groups in total. The molecule has 2 aromatic rings. The lowest BCUT2D eigenvalue weighted by Gasteiger charge is -2.20. The van der Waals surface area contributed by atoms with Crippen LogP contribution < -0.4 is 38.1 Å². The topological polar surface area (TPSA) is 235 Å². The second kappa shape index (κ2) is 12.9. The van der Waals surface area contributed by atoms with E-state index in [1.54, 1.807) is 6.92 Å². The Bertz CT molecular complexity index is 1280. The Hall–Kier alpha value is -4.68. The second-order valence-electron chi connectivity index (χ2n) is 12.2. The molecule has 13 heteroatoms. The Balaban J connectivity index is 2.36. The van der Waals surface area contributed by atoms with E-state index in [2.05, 4.69) is 0 Å². The molecule has 13 nitrogen and oxygen atoms in total. The maximum Gasteiger partial charge on any atom is 0.423 e. The molecule has 0 atom stereocenters. The molecule has 0 aliphatic rings. The van der Waals surface area contributed by atoms with Gasteiger partial charge in [0.1, 0.15) is 11.1 Å². The van der Waals surface area contributed by atoms with Crippen LogP contribution in [0.2, 0.25) is 0 Å². The van der Waals surface area contributed by atoms with E-state index >= 15 is 0 Å². The van der Waals surface area contributed by atoms with Crippen molar-refractivity contribution in [2.24, 2.45) is 10.8 Å². The highest BCUT2D eigenvalue weighted by molar-refractivity contribution is 6.31. The second-order valence-corrected chi connectivity index (χ2v) is 12.2. The summed E-state index contributed by atoms with van der Waals surface area (Å²) in [5, 5.41) is 0. The average molecular weight is 588 g/mol. The Morgan fingerprint density at radius 3 is 1.40 bits per heavy atom. The van der Waals surface area contributed by atoms with Crippen molar-refractivity contribution in [1.29, 1.82) is 0 Å². The zero-order valence-corrected chi connectivity index (χ0v) is 25.1. The first-order chi connectivity index (χ1) is 19.2. The molecule has 2 rings (SSSR count). The first-order valence-electron chi connectivity index (χ1n) is 13.2. The summed E-state index contributed by atoms with van der Waals surface area (Å²) in [6.07, 6.45) is 1.05.